The summed E-state index contributed by atoms with van der Waals surface area (Å²) in [5, 5.41) is 4.53. The van der Waals surface area contributed by atoms with Crippen molar-refractivity contribution >= 4 is 34.1 Å². The van der Waals surface area contributed by atoms with Gasteiger partial charge in [-0.05, 0) is 40.5 Å². The van der Waals surface area contributed by atoms with E-state index in [4.69, 9.17) is 5.73 Å². The first-order valence-corrected chi connectivity index (χ1v) is 12.7. The number of aromatic amines is 1. The normalized spacial score (nSPS) is 10.9. The van der Waals surface area contributed by atoms with E-state index < -0.39 is 5.91 Å². The molecular formula is C31H27N3OS. The molecule has 0 saturated carbocycles. The number of nitrogens with two attached hydrogens (primary N) is 1. The molecule has 5 heteroatoms. The standard InChI is InChI=1S/C31H27N3OS/c32-31(35)29-30(36-25-14-8-3-9-15-25)27-17-16-22(20-28(27)34-29)21-33-19-18-26(23-10-4-1-5-11-23)24-12-6-2-7-13-24/h1-18,20,33-34H,19,21H2,(H2,32,35). The Morgan fingerprint density at radius 2 is 1.44 bits per heavy atom. The lowest BCUT2D eigenvalue weighted by atomic mass is 9.97. The molecule has 1 heterocycles. The molecule has 178 valence electrons. The van der Waals surface area contributed by atoms with Crippen LogP contribution in [0, 0.1) is 0 Å². The first-order chi connectivity index (χ1) is 17.7. The molecule has 0 aliphatic rings. The molecule has 5 aromatic rings. The van der Waals surface area contributed by atoms with Crippen LogP contribution in [-0.2, 0) is 6.54 Å². The molecule has 4 aromatic carbocycles. The van der Waals surface area contributed by atoms with Gasteiger partial charge in [0.25, 0.3) is 5.91 Å². The van der Waals surface area contributed by atoms with Crippen molar-refractivity contribution in [3.05, 3.63) is 138 Å². The van der Waals surface area contributed by atoms with Gasteiger partial charge >= 0.3 is 0 Å². The highest BCUT2D eigenvalue weighted by atomic mass is 32.2. The predicted molar refractivity (Wildman–Crippen MR) is 149 cm³/mol. The fourth-order valence-corrected chi connectivity index (χ4v) is 5.31. The van der Waals surface area contributed by atoms with Crippen LogP contribution in [0.15, 0.2) is 125 Å². The van der Waals surface area contributed by atoms with Crippen LogP contribution < -0.4 is 11.1 Å². The number of primary amides is 1. The summed E-state index contributed by atoms with van der Waals surface area (Å²) < 4.78 is 0. The van der Waals surface area contributed by atoms with Crippen LogP contribution in [0.5, 0.6) is 0 Å². The van der Waals surface area contributed by atoms with Gasteiger partial charge in [0.15, 0.2) is 0 Å². The predicted octanol–water partition coefficient (Wildman–Crippen LogP) is 6.64. The number of aromatic nitrogens is 1. The van der Waals surface area contributed by atoms with Crippen molar-refractivity contribution in [2.75, 3.05) is 6.54 Å². The second-order valence-corrected chi connectivity index (χ2v) is 9.55. The van der Waals surface area contributed by atoms with Crippen molar-refractivity contribution in [3.8, 4) is 0 Å². The molecular weight excluding hydrogens is 462 g/mol. The molecule has 5 rings (SSSR count). The number of H-pyrrole nitrogens is 1. The minimum atomic E-state index is -0.455. The minimum absolute atomic E-state index is 0.447. The largest absolute Gasteiger partial charge is 0.364 e. The Bertz CT molecular complexity index is 1450. The fraction of sp³-hybridized carbons (Fsp3) is 0.0645. The lowest BCUT2D eigenvalue weighted by molar-refractivity contribution is 0.0993. The van der Waals surface area contributed by atoms with E-state index >= 15 is 0 Å². The average Bonchev–Trinajstić information content (AvgIpc) is 3.28. The van der Waals surface area contributed by atoms with E-state index in [2.05, 4.69) is 83.1 Å². The van der Waals surface area contributed by atoms with Crippen molar-refractivity contribution in [1.82, 2.24) is 10.3 Å². The van der Waals surface area contributed by atoms with Crippen LogP contribution in [0.4, 0.5) is 0 Å². The molecule has 0 saturated heterocycles. The summed E-state index contributed by atoms with van der Waals surface area (Å²) in [6, 6.07) is 37.1. The number of nitrogens with one attached hydrogen (secondary N) is 2. The molecule has 4 nitrogen and oxygen atoms in total. The Kier molecular flexibility index (Phi) is 7.31. The highest BCUT2D eigenvalue weighted by Gasteiger charge is 2.17. The molecule has 0 unspecified atom stereocenters. The molecule has 0 atom stereocenters. The van der Waals surface area contributed by atoms with Gasteiger partial charge in [0.05, 0.1) is 4.90 Å². The van der Waals surface area contributed by atoms with Crippen molar-refractivity contribution in [3.63, 3.8) is 0 Å². The zero-order valence-electron chi connectivity index (χ0n) is 19.8. The van der Waals surface area contributed by atoms with E-state index in [9.17, 15) is 4.79 Å². The number of rotatable bonds is 9. The Labute approximate surface area is 215 Å². The van der Waals surface area contributed by atoms with Gasteiger partial charge in [0.2, 0.25) is 0 Å². The Morgan fingerprint density at radius 1 is 0.833 bits per heavy atom. The van der Waals surface area contributed by atoms with Gasteiger partial charge in [0, 0.05) is 28.9 Å². The van der Waals surface area contributed by atoms with Crippen LogP contribution in [0.2, 0.25) is 0 Å². The number of benzene rings is 4. The Hall–Kier alpha value is -4.06. The summed E-state index contributed by atoms with van der Waals surface area (Å²) in [6.45, 7) is 1.43. The summed E-state index contributed by atoms with van der Waals surface area (Å²) in [4.78, 5) is 17.3. The molecule has 1 aromatic heterocycles. The van der Waals surface area contributed by atoms with Gasteiger partial charge in [0.1, 0.15) is 5.69 Å². The molecule has 0 aliphatic carbocycles. The lowest BCUT2D eigenvalue weighted by Crippen LogP contribution is -2.13. The molecule has 0 spiro atoms. The monoisotopic (exact) mass is 489 g/mol. The van der Waals surface area contributed by atoms with Crippen LogP contribution in [0.25, 0.3) is 16.5 Å². The van der Waals surface area contributed by atoms with E-state index in [1.807, 2.05) is 42.5 Å². The molecule has 0 fully saturated rings. The second kappa shape index (κ2) is 11.1. The maximum absolute atomic E-state index is 12.1. The van der Waals surface area contributed by atoms with Gasteiger partial charge in [-0.15, -0.1) is 0 Å². The zero-order chi connectivity index (χ0) is 24.7. The number of amides is 1. The van der Waals surface area contributed by atoms with Crippen LogP contribution in [-0.4, -0.2) is 17.4 Å². The summed E-state index contributed by atoms with van der Waals surface area (Å²) in [7, 11) is 0. The molecule has 36 heavy (non-hydrogen) atoms. The highest BCUT2D eigenvalue weighted by molar-refractivity contribution is 7.99. The van der Waals surface area contributed by atoms with Gasteiger partial charge in [-0.25, -0.2) is 0 Å². The highest BCUT2D eigenvalue weighted by Crippen LogP contribution is 2.36. The molecule has 1 amide bonds. The average molecular weight is 490 g/mol. The van der Waals surface area contributed by atoms with Crippen LogP contribution in [0.1, 0.15) is 27.2 Å². The molecule has 4 N–H and O–H groups in total. The third-order valence-electron chi connectivity index (χ3n) is 5.97. The first kappa shape index (κ1) is 23.7. The topological polar surface area (TPSA) is 70.9 Å². The number of hydrogen-bond acceptors (Lipinski definition) is 3. The maximum Gasteiger partial charge on any atom is 0.266 e. The van der Waals surface area contributed by atoms with Crippen LogP contribution >= 0.6 is 11.8 Å². The smallest absolute Gasteiger partial charge is 0.266 e. The lowest BCUT2D eigenvalue weighted by Gasteiger charge is -2.10. The number of hydrogen-bond donors (Lipinski definition) is 3. The number of fused-ring (bicyclic) bond motifs is 1. The van der Waals surface area contributed by atoms with E-state index in [0.717, 1.165) is 32.8 Å². The van der Waals surface area contributed by atoms with Crippen molar-refractivity contribution in [1.29, 1.82) is 0 Å². The van der Waals surface area contributed by atoms with Gasteiger partial charge in [-0.3, -0.25) is 4.79 Å². The van der Waals surface area contributed by atoms with Gasteiger partial charge in [-0.1, -0.05) is 109 Å². The maximum atomic E-state index is 12.1. The molecule has 0 bridgehead atoms. The third kappa shape index (κ3) is 5.43. The van der Waals surface area contributed by atoms with E-state index in [0.29, 0.717) is 12.2 Å². The summed E-state index contributed by atoms with van der Waals surface area (Å²) in [6.07, 6.45) is 2.23. The van der Waals surface area contributed by atoms with Gasteiger partial charge in [-0.2, -0.15) is 0 Å². The summed E-state index contributed by atoms with van der Waals surface area (Å²) in [5.41, 5.74) is 11.8. The first-order valence-electron chi connectivity index (χ1n) is 11.9. The van der Waals surface area contributed by atoms with Crippen molar-refractivity contribution < 1.29 is 4.79 Å². The summed E-state index contributed by atoms with van der Waals surface area (Å²) in [5.74, 6) is -0.455. The van der Waals surface area contributed by atoms with E-state index in [1.54, 1.807) is 11.8 Å². The minimum Gasteiger partial charge on any atom is -0.364 e. The quantitative estimate of drug-likeness (QED) is 0.203. The number of carbonyl (C=O) groups excluding carboxylic acids is 1. The van der Waals surface area contributed by atoms with Gasteiger partial charge < -0.3 is 16.0 Å². The SMILES string of the molecule is NC(=O)c1[nH]c2cc(CNCC=C(c3ccccc3)c3ccccc3)ccc2c1Sc1ccccc1. The second-order valence-electron chi connectivity index (χ2n) is 8.47. The Balaban J connectivity index is 1.34. The number of carbonyl (C=O) groups is 1. The molecule has 0 radical (unpaired) electrons. The summed E-state index contributed by atoms with van der Waals surface area (Å²) >= 11 is 1.55. The van der Waals surface area contributed by atoms with E-state index in [1.165, 1.54) is 16.7 Å². The van der Waals surface area contributed by atoms with Crippen molar-refractivity contribution in [2.24, 2.45) is 5.73 Å². The zero-order valence-corrected chi connectivity index (χ0v) is 20.6. The fourth-order valence-electron chi connectivity index (χ4n) is 4.24. The third-order valence-corrected chi connectivity index (χ3v) is 7.11. The van der Waals surface area contributed by atoms with Crippen LogP contribution in [0.3, 0.4) is 0 Å². The Morgan fingerprint density at radius 3 is 2.06 bits per heavy atom. The molecule has 0 aliphatic heterocycles. The van der Waals surface area contributed by atoms with E-state index in [-0.39, 0.29) is 0 Å². The van der Waals surface area contributed by atoms with Crippen molar-refractivity contribution in [2.45, 2.75) is 16.3 Å².